The molecule has 0 saturated heterocycles. The van der Waals surface area contributed by atoms with Crippen molar-refractivity contribution in [3.05, 3.63) is 29.3 Å². The monoisotopic (exact) mass is 274 g/mol. The molecule has 0 saturated carbocycles. The molecule has 1 aromatic rings. The summed E-state index contributed by atoms with van der Waals surface area (Å²) < 4.78 is 0. The van der Waals surface area contributed by atoms with Gasteiger partial charge in [-0.2, -0.15) is 0 Å². The van der Waals surface area contributed by atoms with E-state index in [1.165, 1.54) is 11.1 Å². The molecule has 2 rings (SSSR count). The van der Waals surface area contributed by atoms with Crippen LogP contribution in [-0.2, 0) is 11.2 Å². The van der Waals surface area contributed by atoms with Crippen LogP contribution >= 0.6 is 0 Å². The highest BCUT2D eigenvalue weighted by molar-refractivity contribution is 5.92. The summed E-state index contributed by atoms with van der Waals surface area (Å²) in [6.07, 6.45) is 3.65. The van der Waals surface area contributed by atoms with Crippen LogP contribution in [0.4, 0.5) is 5.69 Å². The van der Waals surface area contributed by atoms with Crippen molar-refractivity contribution in [2.75, 3.05) is 12.4 Å². The van der Waals surface area contributed by atoms with Crippen molar-refractivity contribution in [2.24, 2.45) is 5.41 Å². The minimum absolute atomic E-state index is 0.135. The smallest absolute Gasteiger partial charge is 0.224 e. The van der Waals surface area contributed by atoms with Gasteiger partial charge >= 0.3 is 0 Å². The molecule has 2 N–H and O–H groups in total. The second-order valence-electron chi connectivity index (χ2n) is 6.38. The van der Waals surface area contributed by atoms with E-state index in [-0.39, 0.29) is 11.3 Å². The van der Waals surface area contributed by atoms with Crippen molar-refractivity contribution >= 4 is 11.6 Å². The predicted molar refractivity (Wildman–Crippen MR) is 83.9 cm³/mol. The largest absolute Gasteiger partial charge is 0.326 e. The van der Waals surface area contributed by atoms with Gasteiger partial charge < -0.3 is 10.6 Å². The lowest BCUT2D eigenvalue weighted by atomic mass is 9.78. The Balaban J connectivity index is 2.34. The average Bonchev–Trinajstić information content (AvgIpc) is 2.59. The van der Waals surface area contributed by atoms with Crippen molar-refractivity contribution in [3.63, 3.8) is 0 Å². The summed E-state index contributed by atoms with van der Waals surface area (Å²) in [5, 5.41) is 6.45. The molecule has 1 amide bonds. The van der Waals surface area contributed by atoms with E-state index in [4.69, 9.17) is 0 Å². The molecule has 0 bridgehead atoms. The molecule has 1 aromatic carbocycles. The number of hydrogen-bond donors (Lipinski definition) is 2. The molecule has 0 fully saturated rings. The van der Waals surface area contributed by atoms with Crippen LogP contribution in [-0.4, -0.2) is 13.0 Å². The van der Waals surface area contributed by atoms with E-state index in [0.29, 0.717) is 12.5 Å². The third kappa shape index (κ3) is 3.04. The quantitative estimate of drug-likeness (QED) is 0.879. The van der Waals surface area contributed by atoms with E-state index in [0.717, 1.165) is 24.9 Å². The first-order valence-electron chi connectivity index (χ1n) is 7.58. The van der Waals surface area contributed by atoms with Gasteiger partial charge in [-0.3, -0.25) is 4.79 Å². The number of aryl methyl sites for hydroxylation is 1. The lowest BCUT2D eigenvalue weighted by molar-refractivity contribution is -0.116. The minimum Gasteiger partial charge on any atom is -0.326 e. The topological polar surface area (TPSA) is 41.1 Å². The summed E-state index contributed by atoms with van der Waals surface area (Å²) >= 11 is 0. The first-order chi connectivity index (χ1) is 9.47. The fraction of sp³-hybridized carbons (Fsp3) is 0.588. The molecule has 1 heterocycles. The van der Waals surface area contributed by atoms with Crippen molar-refractivity contribution in [2.45, 2.75) is 52.5 Å². The number of hydrogen-bond acceptors (Lipinski definition) is 2. The van der Waals surface area contributed by atoms with Crippen LogP contribution in [0.15, 0.2) is 18.2 Å². The Labute approximate surface area is 122 Å². The zero-order valence-electron chi connectivity index (χ0n) is 13.0. The summed E-state index contributed by atoms with van der Waals surface area (Å²) in [5.74, 6) is 0.135. The number of fused-ring (bicyclic) bond motifs is 1. The number of carbonyl (C=O) groups excluding carboxylic acids is 1. The second kappa shape index (κ2) is 5.96. The average molecular weight is 274 g/mol. The molecule has 20 heavy (non-hydrogen) atoms. The fourth-order valence-corrected chi connectivity index (χ4v) is 2.99. The molecule has 1 unspecified atom stereocenters. The van der Waals surface area contributed by atoms with Gasteiger partial charge in [0.15, 0.2) is 0 Å². The van der Waals surface area contributed by atoms with Gasteiger partial charge in [-0.15, -0.1) is 0 Å². The van der Waals surface area contributed by atoms with Crippen molar-refractivity contribution in [1.29, 1.82) is 0 Å². The van der Waals surface area contributed by atoms with Gasteiger partial charge in [0.05, 0.1) is 0 Å². The third-order valence-electron chi connectivity index (χ3n) is 4.57. The Kier molecular flexibility index (Phi) is 4.48. The van der Waals surface area contributed by atoms with E-state index < -0.39 is 0 Å². The number of nitrogens with one attached hydrogen (secondary N) is 2. The highest BCUT2D eigenvalue weighted by Gasteiger charge is 2.28. The third-order valence-corrected chi connectivity index (χ3v) is 4.57. The summed E-state index contributed by atoms with van der Waals surface area (Å²) in [6, 6.07) is 6.80. The SMILES string of the molecule is CCC(C)(C)C(NC)c1ccc2c(c1)CCCC(=O)N2. The van der Waals surface area contributed by atoms with Gasteiger partial charge in [-0.1, -0.05) is 32.9 Å². The van der Waals surface area contributed by atoms with Gasteiger partial charge in [0.25, 0.3) is 0 Å². The van der Waals surface area contributed by atoms with Crippen LogP contribution in [0.25, 0.3) is 0 Å². The Bertz CT molecular complexity index is 494. The minimum atomic E-state index is 0.135. The summed E-state index contributed by atoms with van der Waals surface area (Å²) in [7, 11) is 2.02. The van der Waals surface area contributed by atoms with E-state index >= 15 is 0 Å². The molecule has 1 aliphatic rings. The van der Waals surface area contributed by atoms with Gasteiger partial charge in [0, 0.05) is 18.2 Å². The zero-order valence-corrected chi connectivity index (χ0v) is 13.0. The Morgan fingerprint density at radius 3 is 2.75 bits per heavy atom. The number of rotatable bonds is 4. The van der Waals surface area contributed by atoms with Crippen molar-refractivity contribution < 1.29 is 4.79 Å². The molecule has 110 valence electrons. The number of carbonyl (C=O) groups is 1. The standard InChI is InChI=1S/C17H26N2O/c1-5-17(2,3)16(18-4)13-9-10-14-12(11-13)7-6-8-15(20)19-14/h9-11,16,18H,5-8H2,1-4H3,(H,19,20). The first-order valence-corrected chi connectivity index (χ1v) is 7.58. The highest BCUT2D eigenvalue weighted by Crippen LogP contribution is 2.37. The maximum atomic E-state index is 11.6. The van der Waals surface area contributed by atoms with Crippen LogP contribution in [0.2, 0.25) is 0 Å². The normalized spacial score (nSPS) is 17.1. The number of benzene rings is 1. The molecule has 0 spiro atoms. The molecule has 3 heteroatoms. The first kappa shape index (κ1) is 15.0. The molecule has 0 aliphatic carbocycles. The van der Waals surface area contributed by atoms with Gasteiger partial charge in [-0.25, -0.2) is 0 Å². The molecule has 0 radical (unpaired) electrons. The lowest BCUT2D eigenvalue weighted by Gasteiger charge is -2.34. The molecular weight excluding hydrogens is 248 g/mol. The van der Waals surface area contributed by atoms with E-state index in [1.807, 2.05) is 7.05 Å². The predicted octanol–water partition coefficient (Wildman–Crippen LogP) is 3.66. The maximum Gasteiger partial charge on any atom is 0.224 e. The molecule has 1 aliphatic heterocycles. The zero-order chi connectivity index (χ0) is 14.8. The van der Waals surface area contributed by atoms with Crippen LogP contribution in [0.1, 0.15) is 57.2 Å². The molecule has 1 atom stereocenters. The Morgan fingerprint density at radius 2 is 2.10 bits per heavy atom. The lowest BCUT2D eigenvalue weighted by Crippen LogP contribution is -2.31. The number of amides is 1. The van der Waals surface area contributed by atoms with Crippen LogP contribution in [0.3, 0.4) is 0 Å². The second-order valence-corrected chi connectivity index (χ2v) is 6.38. The Morgan fingerprint density at radius 1 is 1.35 bits per heavy atom. The number of anilines is 1. The maximum absolute atomic E-state index is 11.6. The molecule has 0 aromatic heterocycles. The Hall–Kier alpha value is -1.35. The van der Waals surface area contributed by atoms with E-state index in [2.05, 4.69) is 49.6 Å². The van der Waals surface area contributed by atoms with Gasteiger partial charge in [0.1, 0.15) is 0 Å². The van der Waals surface area contributed by atoms with Crippen molar-refractivity contribution in [3.8, 4) is 0 Å². The van der Waals surface area contributed by atoms with Gasteiger partial charge in [-0.05, 0) is 48.9 Å². The van der Waals surface area contributed by atoms with Gasteiger partial charge in [0.2, 0.25) is 5.91 Å². The van der Waals surface area contributed by atoms with Crippen LogP contribution in [0.5, 0.6) is 0 Å². The fourth-order valence-electron chi connectivity index (χ4n) is 2.99. The molecule has 3 nitrogen and oxygen atoms in total. The van der Waals surface area contributed by atoms with Crippen molar-refractivity contribution in [1.82, 2.24) is 5.32 Å². The van der Waals surface area contributed by atoms with Crippen LogP contribution in [0, 0.1) is 5.41 Å². The summed E-state index contributed by atoms with van der Waals surface area (Å²) in [6.45, 7) is 6.82. The summed E-state index contributed by atoms with van der Waals surface area (Å²) in [5.41, 5.74) is 3.77. The molecular formula is C17H26N2O. The van der Waals surface area contributed by atoms with E-state index in [9.17, 15) is 4.79 Å². The summed E-state index contributed by atoms with van der Waals surface area (Å²) in [4.78, 5) is 11.6. The highest BCUT2D eigenvalue weighted by atomic mass is 16.1. The van der Waals surface area contributed by atoms with Crippen LogP contribution < -0.4 is 10.6 Å². The van der Waals surface area contributed by atoms with E-state index in [1.54, 1.807) is 0 Å².